The highest BCUT2D eigenvalue weighted by molar-refractivity contribution is 5.99. The molecule has 4 aromatic rings. The first-order valence-corrected chi connectivity index (χ1v) is 8.81. The van der Waals surface area contributed by atoms with Crippen LogP contribution in [0.1, 0.15) is 0 Å². The second kappa shape index (κ2) is 7.48. The number of nitrogens with one attached hydrogen (secondary N) is 1. The molecule has 140 valence electrons. The fraction of sp³-hybridized carbons (Fsp3) is 0.0870. The summed E-state index contributed by atoms with van der Waals surface area (Å²) in [5.41, 5.74) is 2.88. The molecule has 0 saturated carbocycles. The van der Waals surface area contributed by atoms with Crippen LogP contribution in [-0.2, 0) is 0 Å². The van der Waals surface area contributed by atoms with E-state index in [9.17, 15) is 4.79 Å². The molecule has 0 saturated heterocycles. The van der Waals surface area contributed by atoms with E-state index in [1.807, 2.05) is 66.7 Å². The number of anilines is 2. The molecule has 1 heterocycles. The molecule has 0 aliphatic carbocycles. The van der Waals surface area contributed by atoms with Gasteiger partial charge in [-0.15, -0.1) is 0 Å². The summed E-state index contributed by atoms with van der Waals surface area (Å²) in [4.78, 5) is 12.8. The van der Waals surface area contributed by atoms with Crippen molar-refractivity contribution < 1.29 is 13.9 Å². The maximum Gasteiger partial charge on any atom is 0.346 e. The second-order valence-corrected chi connectivity index (χ2v) is 6.22. The molecule has 28 heavy (non-hydrogen) atoms. The van der Waals surface area contributed by atoms with Gasteiger partial charge in [-0.1, -0.05) is 24.3 Å². The molecule has 4 rings (SSSR count). The van der Waals surface area contributed by atoms with E-state index in [0.29, 0.717) is 16.8 Å². The zero-order valence-electron chi connectivity index (χ0n) is 15.6. The average Bonchev–Trinajstić information content (AvgIpc) is 2.74. The molecule has 0 amide bonds. The van der Waals surface area contributed by atoms with Gasteiger partial charge >= 0.3 is 5.63 Å². The van der Waals surface area contributed by atoms with Crippen LogP contribution in [0, 0.1) is 0 Å². The first-order chi connectivity index (χ1) is 13.7. The van der Waals surface area contributed by atoms with Gasteiger partial charge in [-0.25, -0.2) is 4.79 Å². The van der Waals surface area contributed by atoms with Gasteiger partial charge in [0.1, 0.15) is 17.1 Å². The fourth-order valence-corrected chi connectivity index (χ4v) is 3.12. The molecule has 1 N–H and O–H groups in total. The number of benzene rings is 3. The predicted octanol–water partition coefficient (Wildman–Crippen LogP) is 5.22. The highest BCUT2D eigenvalue weighted by Gasteiger charge is 2.17. The van der Waals surface area contributed by atoms with Crippen molar-refractivity contribution in [3.05, 3.63) is 83.2 Å². The fourth-order valence-electron chi connectivity index (χ4n) is 3.12. The van der Waals surface area contributed by atoms with Crippen LogP contribution >= 0.6 is 0 Å². The number of methoxy groups -OCH3 is 2. The van der Waals surface area contributed by atoms with E-state index in [0.717, 1.165) is 28.1 Å². The summed E-state index contributed by atoms with van der Waals surface area (Å²) in [7, 11) is 3.23. The zero-order valence-corrected chi connectivity index (χ0v) is 15.6. The third kappa shape index (κ3) is 3.30. The number of fused-ring (bicyclic) bond motifs is 1. The summed E-state index contributed by atoms with van der Waals surface area (Å²) in [6.45, 7) is 0. The predicted molar refractivity (Wildman–Crippen MR) is 111 cm³/mol. The van der Waals surface area contributed by atoms with E-state index in [-0.39, 0.29) is 0 Å². The summed E-state index contributed by atoms with van der Waals surface area (Å²) in [5.74, 6) is 1.48. The third-order valence-electron chi connectivity index (χ3n) is 4.55. The number of rotatable bonds is 5. The molecular formula is C23H19NO4. The Bertz CT molecular complexity index is 1160. The summed E-state index contributed by atoms with van der Waals surface area (Å²) >= 11 is 0. The van der Waals surface area contributed by atoms with E-state index in [1.165, 1.54) is 0 Å². The van der Waals surface area contributed by atoms with Crippen LogP contribution in [0.5, 0.6) is 11.5 Å². The monoisotopic (exact) mass is 373 g/mol. The molecule has 5 heteroatoms. The Balaban J connectivity index is 1.90. The van der Waals surface area contributed by atoms with Crippen LogP contribution in [0.4, 0.5) is 11.4 Å². The van der Waals surface area contributed by atoms with Gasteiger partial charge < -0.3 is 19.2 Å². The van der Waals surface area contributed by atoms with E-state index in [1.54, 1.807) is 20.3 Å². The lowest BCUT2D eigenvalue weighted by Crippen LogP contribution is -2.08. The molecular weight excluding hydrogens is 354 g/mol. The lowest BCUT2D eigenvalue weighted by molar-refractivity contribution is 0.415. The number of para-hydroxylation sites is 1. The van der Waals surface area contributed by atoms with Gasteiger partial charge in [0.2, 0.25) is 0 Å². The summed E-state index contributed by atoms with van der Waals surface area (Å²) in [6, 6.07) is 22.3. The van der Waals surface area contributed by atoms with Crippen molar-refractivity contribution in [1.82, 2.24) is 0 Å². The summed E-state index contributed by atoms with van der Waals surface area (Å²) in [5, 5.41) is 4.21. The first kappa shape index (κ1) is 17.7. The van der Waals surface area contributed by atoms with Crippen LogP contribution in [0.15, 0.2) is 82.0 Å². The van der Waals surface area contributed by atoms with E-state index in [4.69, 9.17) is 13.9 Å². The van der Waals surface area contributed by atoms with Gasteiger partial charge in [-0.3, -0.25) is 0 Å². The normalized spacial score (nSPS) is 10.6. The Hall–Kier alpha value is -3.73. The van der Waals surface area contributed by atoms with Gasteiger partial charge in [-0.2, -0.15) is 0 Å². The SMILES string of the molecule is COc1ccc(Nc2c(-c3ccc(OC)cc3)c(=O)oc3ccccc23)cc1. The Morgan fingerprint density at radius 1 is 0.786 bits per heavy atom. The quantitative estimate of drug-likeness (QED) is 0.486. The second-order valence-electron chi connectivity index (χ2n) is 6.22. The number of ether oxygens (including phenoxy) is 2. The summed E-state index contributed by atoms with van der Waals surface area (Å²) in [6.07, 6.45) is 0. The Labute approximate surface area is 162 Å². The lowest BCUT2D eigenvalue weighted by atomic mass is 10.0. The Morgan fingerprint density at radius 3 is 2.04 bits per heavy atom. The molecule has 0 radical (unpaired) electrons. The molecule has 0 aliphatic rings. The minimum Gasteiger partial charge on any atom is -0.497 e. The maximum absolute atomic E-state index is 12.8. The van der Waals surface area contributed by atoms with Crippen LogP contribution in [-0.4, -0.2) is 14.2 Å². The topological polar surface area (TPSA) is 60.7 Å². The van der Waals surface area contributed by atoms with Gasteiger partial charge in [-0.05, 0) is 54.1 Å². The van der Waals surface area contributed by atoms with Gasteiger partial charge in [0.15, 0.2) is 0 Å². The van der Waals surface area contributed by atoms with E-state index in [2.05, 4.69) is 5.32 Å². The molecule has 0 unspecified atom stereocenters. The van der Waals surface area contributed by atoms with Crippen molar-refractivity contribution in [3.63, 3.8) is 0 Å². The molecule has 5 nitrogen and oxygen atoms in total. The zero-order chi connectivity index (χ0) is 19.5. The van der Waals surface area contributed by atoms with Crippen LogP contribution < -0.4 is 20.4 Å². The highest BCUT2D eigenvalue weighted by Crippen LogP contribution is 2.35. The van der Waals surface area contributed by atoms with Gasteiger partial charge in [0.05, 0.1) is 25.5 Å². The Kier molecular flexibility index (Phi) is 4.72. The molecule has 3 aromatic carbocycles. The van der Waals surface area contributed by atoms with Crippen molar-refractivity contribution in [3.8, 4) is 22.6 Å². The molecule has 0 aliphatic heterocycles. The van der Waals surface area contributed by atoms with Gasteiger partial charge in [0, 0.05) is 11.1 Å². The molecule has 0 atom stereocenters. The van der Waals surface area contributed by atoms with Crippen LogP contribution in [0.3, 0.4) is 0 Å². The molecule has 0 bridgehead atoms. The minimum absolute atomic E-state index is 0.403. The Morgan fingerprint density at radius 2 is 1.39 bits per heavy atom. The van der Waals surface area contributed by atoms with Crippen molar-refractivity contribution in [1.29, 1.82) is 0 Å². The van der Waals surface area contributed by atoms with Gasteiger partial charge in [0.25, 0.3) is 0 Å². The molecule has 0 fully saturated rings. The molecule has 1 aromatic heterocycles. The minimum atomic E-state index is -0.403. The van der Waals surface area contributed by atoms with Crippen molar-refractivity contribution in [2.75, 3.05) is 19.5 Å². The van der Waals surface area contributed by atoms with Crippen molar-refractivity contribution in [2.24, 2.45) is 0 Å². The van der Waals surface area contributed by atoms with E-state index < -0.39 is 5.63 Å². The largest absolute Gasteiger partial charge is 0.497 e. The summed E-state index contributed by atoms with van der Waals surface area (Å²) < 4.78 is 16.0. The smallest absolute Gasteiger partial charge is 0.346 e. The van der Waals surface area contributed by atoms with Crippen molar-refractivity contribution in [2.45, 2.75) is 0 Å². The number of hydrogen-bond acceptors (Lipinski definition) is 5. The third-order valence-corrected chi connectivity index (χ3v) is 4.55. The lowest BCUT2D eigenvalue weighted by Gasteiger charge is -2.14. The average molecular weight is 373 g/mol. The maximum atomic E-state index is 12.8. The van der Waals surface area contributed by atoms with Crippen molar-refractivity contribution >= 4 is 22.3 Å². The first-order valence-electron chi connectivity index (χ1n) is 8.81. The van der Waals surface area contributed by atoms with Crippen LogP contribution in [0.25, 0.3) is 22.1 Å². The standard InChI is InChI=1S/C23H19NO4/c1-26-17-11-7-15(8-12-17)21-22(24-16-9-13-18(27-2)14-10-16)19-5-3-4-6-20(19)28-23(21)25/h3-14,24H,1-2H3. The molecule has 0 spiro atoms. The van der Waals surface area contributed by atoms with E-state index >= 15 is 0 Å². The highest BCUT2D eigenvalue weighted by atomic mass is 16.5. The van der Waals surface area contributed by atoms with Crippen LogP contribution in [0.2, 0.25) is 0 Å². The number of hydrogen-bond donors (Lipinski definition) is 1.